The van der Waals surface area contributed by atoms with Crippen LogP contribution in [-0.2, 0) is 57.5 Å². The Hall–Kier alpha value is -10.2. The minimum atomic E-state index is -1.76. The van der Waals surface area contributed by atoms with Crippen LogP contribution >= 0.6 is 0 Å². The van der Waals surface area contributed by atoms with Crippen molar-refractivity contribution in [2.45, 2.75) is 196 Å². The van der Waals surface area contributed by atoms with Crippen molar-refractivity contribution in [2.75, 3.05) is 59.4 Å². The molecule has 38 N–H and O–H groups in total. The number of likely N-dealkylation sites (N-methyl/N-ethyl adjacent to an activating group) is 1. The fraction of sp³-hybridized carbons (Fsp3) is 0.702. The molecule has 0 saturated carbocycles. The fourth-order valence-corrected chi connectivity index (χ4v) is 9.25. The van der Waals surface area contributed by atoms with E-state index in [0.29, 0.717) is 12.8 Å². The van der Waals surface area contributed by atoms with Crippen LogP contribution in [0.2, 0.25) is 0 Å². The van der Waals surface area contributed by atoms with E-state index in [9.17, 15) is 72.9 Å². The molecule has 0 aromatic rings. The van der Waals surface area contributed by atoms with Crippen molar-refractivity contribution in [3.63, 3.8) is 0 Å². The third-order valence-electron chi connectivity index (χ3n) is 14.6. The predicted octanol–water partition coefficient (Wildman–Crippen LogP) is -11.0. The summed E-state index contributed by atoms with van der Waals surface area (Å²) in [6.45, 7) is 1.86. The molecule has 10 amide bonds. The zero-order valence-corrected chi connectivity index (χ0v) is 57.2. The van der Waals surface area contributed by atoms with Gasteiger partial charge >= 0.3 is 11.9 Å². The lowest BCUT2D eigenvalue weighted by atomic mass is 10.0. The van der Waals surface area contributed by atoms with E-state index in [2.05, 4.69) is 72.8 Å². The largest absolute Gasteiger partial charge is 0.481 e. The molecule has 0 fully saturated rings. The molecule has 43 nitrogen and oxygen atoms in total. The van der Waals surface area contributed by atoms with Crippen molar-refractivity contribution in [1.29, 1.82) is 0 Å². The van der Waals surface area contributed by atoms with Gasteiger partial charge in [0.05, 0.1) is 6.10 Å². The lowest BCUT2D eigenvalue weighted by Crippen LogP contribution is -2.60. The molecule has 0 aliphatic heterocycles. The molecule has 43 heteroatoms. The van der Waals surface area contributed by atoms with Gasteiger partial charge in [0.15, 0.2) is 29.8 Å². The van der Waals surface area contributed by atoms with Crippen molar-refractivity contribution in [3.8, 4) is 0 Å². The number of nitrogens with two attached hydrogens (primary N) is 13. The summed E-state index contributed by atoms with van der Waals surface area (Å²) in [4.78, 5) is 185. The van der Waals surface area contributed by atoms with Crippen molar-refractivity contribution < 1.29 is 72.9 Å². The normalized spacial score (nSPS) is 14.1. The lowest BCUT2D eigenvalue weighted by molar-refractivity contribution is -0.145. The third kappa shape index (κ3) is 40.5. The van der Waals surface area contributed by atoms with Crippen molar-refractivity contribution >= 4 is 101 Å². The summed E-state index contributed by atoms with van der Waals surface area (Å²) in [5.74, 6) is -13.8. The van der Waals surface area contributed by atoms with E-state index in [1.165, 1.54) is 20.9 Å². The summed E-state index contributed by atoms with van der Waals surface area (Å²) < 4.78 is 0. The molecule has 100 heavy (non-hydrogen) atoms. The number of guanidine groups is 5. The number of aliphatic carboxylic acids is 2. The highest BCUT2D eigenvalue weighted by Gasteiger charge is 2.36. The van der Waals surface area contributed by atoms with E-state index >= 15 is 0 Å². The van der Waals surface area contributed by atoms with Crippen molar-refractivity contribution in [3.05, 3.63) is 0 Å². The molecule has 11 atom stereocenters. The molecule has 0 rings (SSSR count). The maximum atomic E-state index is 14.8. The number of carboxylic acids is 2. The molecule has 0 aromatic heterocycles. The van der Waals surface area contributed by atoms with E-state index < -0.39 is 157 Å². The Kier molecular flexibility index (Phi) is 45.1. The molecule has 0 radical (unpaired) electrons. The lowest BCUT2D eigenvalue weighted by Gasteiger charge is -2.29. The number of hydrogen-bond donors (Lipinski definition) is 25. The Labute approximate surface area is 579 Å². The molecule has 0 spiro atoms. The first-order valence-corrected chi connectivity index (χ1v) is 32.6. The fourth-order valence-electron chi connectivity index (χ4n) is 9.25. The summed E-state index contributed by atoms with van der Waals surface area (Å²) in [6, 6.07) is -15.0. The second-order valence-electron chi connectivity index (χ2n) is 23.3. The van der Waals surface area contributed by atoms with Crippen LogP contribution in [0.1, 0.15) is 129 Å². The number of aliphatic hydroxyl groups excluding tert-OH is 1. The average molecular weight is 1430 g/mol. The molecule has 0 aliphatic carbocycles. The number of aliphatic imine (C=N–C) groups is 5. The SMILES string of the molecule is C[C@H](NC(=O)[C@@H](N)[C@@H](C)O)C(=O)N[C@@H](CCCN=C(N)N)C(=O)N[C@@H](CCC(=O)O)C(=O)N[C@@H](CCCN=C(N)N)C(=O)N[C@@H](CCCN=C(N)N)C(=O)N[C@@H](CCCN=C(N)N)C(=O)N[C@@H](CCCCN)C(=O)N[C@@H](CCCCN)C(=O)N[C@@H](CCCN=C(N)N)C(=O)N(C)CC(=O)O. The number of aliphatic hydroxyl groups is 1. The van der Waals surface area contributed by atoms with Crippen LogP contribution in [0.4, 0.5) is 0 Å². The molecule has 0 aromatic carbocycles. The van der Waals surface area contributed by atoms with Gasteiger partial charge in [-0.3, -0.25) is 82.5 Å². The van der Waals surface area contributed by atoms with E-state index in [0.717, 1.165) is 4.90 Å². The smallest absolute Gasteiger partial charge is 0.323 e. The molecule has 568 valence electrons. The summed E-state index contributed by atoms with van der Waals surface area (Å²) in [5, 5.41) is 51.8. The minimum Gasteiger partial charge on any atom is -0.481 e. The standard InChI is InChI=1S/C57H110N28O15/c1-30(76-51(99)42(60)31(2)86)43(91)77-34(15-8-24-71-53(61)62)45(93)83-38(20-21-40(87)88)50(98)82-37(18-11-27-74-56(67)68)48(96)81-36(17-10-26-73-55(65)66)47(95)80-35(16-9-25-72-54(63)64)46(94)78-32(13-4-6-22-58)44(92)79-33(14-5-7-23-59)49(97)84-39(19-12-28-75-57(69)70)52(100)85(3)29-41(89)90/h30-39,42,86H,4-29,58-60H2,1-3H3,(H,76,99)(H,77,91)(H,78,94)(H,79,92)(H,80,95)(H,81,96)(H,82,98)(H,83,93)(H,84,97)(H,87,88)(H,89,90)(H4,61,62,71)(H4,63,64,72)(H4,65,66,73)(H4,67,68,74)(H4,69,70,75)/t30-,31+,32-,33-,34-,35-,36-,37-,38-,39-,42-/m0/s1. The second-order valence-corrected chi connectivity index (χ2v) is 23.3. The number of carbonyl (C=O) groups excluding carboxylic acids is 10. The van der Waals surface area contributed by atoms with Crippen molar-refractivity contribution in [1.82, 2.24) is 52.8 Å². The molecule has 0 saturated heterocycles. The number of rotatable bonds is 53. The number of nitrogens with one attached hydrogen (secondary N) is 9. The summed E-state index contributed by atoms with van der Waals surface area (Å²) in [6.07, 6.45) is -2.32. The zero-order valence-electron chi connectivity index (χ0n) is 57.2. The quantitative estimate of drug-likeness (QED) is 0.0153. The number of hydrogen-bond acceptors (Lipinski definition) is 21. The second kappa shape index (κ2) is 50.2. The van der Waals surface area contributed by atoms with Gasteiger partial charge in [-0.15, -0.1) is 0 Å². The molecular weight excluding hydrogens is 1320 g/mol. The topological polar surface area (TPSA) is 777 Å². The van der Waals surface area contributed by atoms with Gasteiger partial charge in [0.25, 0.3) is 0 Å². The van der Waals surface area contributed by atoms with Gasteiger partial charge in [0.1, 0.15) is 67.0 Å². The van der Waals surface area contributed by atoms with Crippen LogP contribution < -0.4 is 122 Å². The van der Waals surface area contributed by atoms with Crippen molar-refractivity contribution in [2.24, 2.45) is 99.5 Å². The number of carbonyl (C=O) groups is 12. The minimum absolute atomic E-state index is 0.0119. The van der Waals surface area contributed by atoms with E-state index in [-0.39, 0.29) is 166 Å². The highest BCUT2D eigenvalue weighted by Crippen LogP contribution is 2.13. The van der Waals surface area contributed by atoms with Gasteiger partial charge < -0.3 is 143 Å². The van der Waals surface area contributed by atoms with Crippen LogP contribution in [0.15, 0.2) is 25.0 Å². The van der Waals surface area contributed by atoms with E-state index in [1.807, 2.05) is 0 Å². The third-order valence-corrected chi connectivity index (χ3v) is 14.6. The van der Waals surface area contributed by atoms with E-state index in [4.69, 9.17) is 74.5 Å². The van der Waals surface area contributed by atoms with Crippen LogP contribution in [0.3, 0.4) is 0 Å². The Morgan fingerprint density at radius 1 is 0.350 bits per heavy atom. The monoisotopic (exact) mass is 1430 g/mol. The first-order valence-electron chi connectivity index (χ1n) is 32.6. The zero-order chi connectivity index (χ0) is 76.0. The van der Waals surface area contributed by atoms with Crippen LogP contribution in [0, 0.1) is 0 Å². The predicted molar refractivity (Wildman–Crippen MR) is 370 cm³/mol. The highest BCUT2D eigenvalue weighted by atomic mass is 16.4. The molecule has 0 aliphatic rings. The van der Waals surface area contributed by atoms with E-state index in [1.54, 1.807) is 0 Å². The summed E-state index contributed by atoms with van der Waals surface area (Å²) >= 11 is 0. The van der Waals surface area contributed by atoms with Crippen LogP contribution in [0.5, 0.6) is 0 Å². The Morgan fingerprint density at radius 2 is 0.600 bits per heavy atom. The Balaban J connectivity index is 7.66. The number of carboxylic acid groups (broad SMARTS) is 2. The summed E-state index contributed by atoms with van der Waals surface area (Å²) in [5.41, 5.74) is 72.6. The van der Waals surface area contributed by atoms with Gasteiger partial charge in [-0.1, -0.05) is 0 Å². The van der Waals surface area contributed by atoms with Gasteiger partial charge in [0.2, 0.25) is 59.1 Å². The first-order chi connectivity index (χ1) is 47.0. The Morgan fingerprint density at radius 3 is 0.850 bits per heavy atom. The van der Waals surface area contributed by atoms with Crippen LogP contribution in [-0.4, -0.2) is 247 Å². The van der Waals surface area contributed by atoms with Gasteiger partial charge in [-0.05, 0) is 136 Å². The van der Waals surface area contributed by atoms with Crippen LogP contribution in [0.25, 0.3) is 0 Å². The maximum absolute atomic E-state index is 14.8. The highest BCUT2D eigenvalue weighted by molar-refractivity contribution is 5.99. The summed E-state index contributed by atoms with van der Waals surface area (Å²) in [7, 11) is 1.22. The molecule has 0 unspecified atom stereocenters. The number of amides is 10. The van der Waals surface area contributed by atoms with Gasteiger partial charge in [0, 0.05) is 46.2 Å². The number of nitrogens with zero attached hydrogens (tertiary/aromatic N) is 6. The molecule has 0 heterocycles. The Bertz CT molecular complexity index is 2790. The van der Waals surface area contributed by atoms with Gasteiger partial charge in [-0.25, -0.2) is 0 Å². The van der Waals surface area contributed by atoms with Gasteiger partial charge in [-0.2, -0.15) is 0 Å². The first kappa shape index (κ1) is 89.8. The maximum Gasteiger partial charge on any atom is 0.323 e. The average Bonchev–Trinajstić information content (AvgIpc) is 0.870. The molecular formula is C57H110N28O15. The number of unbranched alkanes of at least 4 members (excludes halogenated alkanes) is 2. The molecule has 0 bridgehead atoms.